The van der Waals surface area contributed by atoms with Crippen molar-refractivity contribution in [1.82, 2.24) is 20.4 Å². The fourth-order valence-corrected chi connectivity index (χ4v) is 5.58. The summed E-state index contributed by atoms with van der Waals surface area (Å²) in [6.45, 7) is 11.9. The predicted molar refractivity (Wildman–Crippen MR) is 125 cm³/mol. The highest BCUT2D eigenvalue weighted by Crippen LogP contribution is 2.47. The van der Waals surface area contributed by atoms with Crippen LogP contribution >= 0.6 is 0 Å². The number of nitrogens with zero attached hydrogens (tertiary/aromatic N) is 2. The van der Waals surface area contributed by atoms with Gasteiger partial charge in [-0.25, -0.2) is 0 Å². The molecule has 2 amide bonds. The van der Waals surface area contributed by atoms with E-state index in [2.05, 4.69) is 36.3 Å². The van der Waals surface area contributed by atoms with Crippen LogP contribution in [0.1, 0.15) is 85.7 Å². The Labute approximate surface area is 191 Å². The van der Waals surface area contributed by atoms with E-state index < -0.39 is 5.54 Å². The van der Waals surface area contributed by atoms with E-state index >= 15 is 0 Å². The van der Waals surface area contributed by atoms with Crippen molar-refractivity contribution in [2.24, 2.45) is 11.3 Å². The molecule has 2 aliphatic rings. The summed E-state index contributed by atoms with van der Waals surface area (Å²) in [6, 6.07) is 7.86. The van der Waals surface area contributed by atoms with Crippen LogP contribution in [0.3, 0.4) is 0 Å². The summed E-state index contributed by atoms with van der Waals surface area (Å²) in [5.41, 5.74) is 4.59. The van der Waals surface area contributed by atoms with E-state index in [1.54, 1.807) is 0 Å². The molecule has 2 heterocycles. The van der Waals surface area contributed by atoms with Gasteiger partial charge in [0.25, 0.3) is 5.91 Å². The highest BCUT2D eigenvalue weighted by atomic mass is 16.2. The smallest absolute Gasteiger partial charge is 0.254 e. The Hall–Kier alpha value is -2.63. The molecular weight excluding hydrogens is 400 g/mol. The lowest BCUT2D eigenvalue weighted by Gasteiger charge is -2.48. The molecule has 1 aromatic heterocycles. The Morgan fingerprint density at radius 1 is 1.22 bits per heavy atom. The number of amides is 2. The van der Waals surface area contributed by atoms with Gasteiger partial charge in [0.1, 0.15) is 0 Å². The molecular formula is C26H36N4O2. The van der Waals surface area contributed by atoms with Crippen LogP contribution in [0.2, 0.25) is 0 Å². The van der Waals surface area contributed by atoms with Crippen molar-refractivity contribution in [1.29, 1.82) is 0 Å². The number of aryl methyl sites for hydroxylation is 2. The van der Waals surface area contributed by atoms with Gasteiger partial charge in [-0.15, -0.1) is 0 Å². The molecule has 6 nitrogen and oxygen atoms in total. The van der Waals surface area contributed by atoms with E-state index in [9.17, 15) is 9.59 Å². The standard InChI is InChI=1S/C26H36N4O2/c1-17-22(18(2)29-28-17)15-27-23(31)14-26(12-10-20(11-13-26)25(3,4)5)30-16-19-8-6-7-9-21(19)24(30)32/h6-9,20H,10-16H2,1-5H3,(H,27,31)(H,28,29). The normalized spacial score (nSPS) is 23.3. The zero-order chi connectivity index (χ0) is 23.1. The third kappa shape index (κ3) is 4.19. The topological polar surface area (TPSA) is 78.1 Å². The molecule has 1 aromatic carbocycles. The number of fused-ring (bicyclic) bond motifs is 1. The summed E-state index contributed by atoms with van der Waals surface area (Å²) in [5, 5.41) is 10.3. The first-order chi connectivity index (χ1) is 15.1. The van der Waals surface area contributed by atoms with Crippen molar-refractivity contribution in [3.63, 3.8) is 0 Å². The monoisotopic (exact) mass is 436 g/mol. The highest BCUT2D eigenvalue weighted by molar-refractivity contribution is 5.99. The number of nitrogens with one attached hydrogen (secondary N) is 2. The minimum absolute atomic E-state index is 0.00275. The predicted octanol–water partition coefficient (Wildman–Crippen LogP) is 4.66. The molecule has 32 heavy (non-hydrogen) atoms. The van der Waals surface area contributed by atoms with Crippen molar-refractivity contribution < 1.29 is 9.59 Å². The van der Waals surface area contributed by atoms with E-state index in [-0.39, 0.29) is 17.2 Å². The summed E-state index contributed by atoms with van der Waals surface area (Å²) in [5.74, 6) is 0.682. The molecule has 2 aromatic rings. The Morgan fingerprint density at radius 2 is 1.91 bits per heavy atom. The number of hydrogen-bond donors (Lipinski definition) is 2. The molecule has 2 N–H and O–H groups in total. The summed E-state index contributed by atoms with van der Waals surface area (Å²) >= 11 is 0. The van der Waals surface area contributed by atoms with E-state index in [4.69, 9.17) is 0 Å². The lowest BCUT2D eigenvalue weighted by atomic mass is 9.66. The largest absolute Gasteiger partial charge is 0.352 e. The van der Waals surface area contributed by atoms with E-state index in [0.717, 1.165) is 53.8 Å². The molecule has 0 unspecified atom stereocenters. The van der Waals surface area contributed by atoms with Crippen molar-refractivity contribution in [3.05, 3.63) is 52.3 Å². The second-order valence-electron chi connectivity index (χ2n) is 10.8. The van der Waals surface area contributed by atoms with Gasteiger partial charge < -0.3 is 10.2 Å². The van der Waals surface area contributed by atoms with Crippen LogP contribution in [0.5, 0.6) is 0 Å². The fourth-order valence-electron chi connectivity index (χ4n) is 5.58. The van der Waals surface area contributed by atoms with Crippen LogP contribution in [-0.4, -0.2) is 32.5 Å². The van der Waals surface area contributed by atoms with Gasteiger partial charge in [0.05, 0.1) is 11.2 Å². The average molecular weight is 437 g/mol. The Balaban J connectivity index is 1.54. The molecule has 0 radical (unpaired) electrons. The molecule has 6 heteroatoms. The number of benzene rings is 1. The molecule has 4 rings (SSSR count). The Bertz CT molecular complexity index is 990. The van der Waals surface area contributed by atoms with E-state index in [0.29, 0.717) is 25.4 Å². The van der Waals surface area contributed by atoms with Gasteiger partial charge in [-0.3, -0.25) is 14.7 Å². The number of hydrogen-bond acceptors (Lipinski definition) is 3. The van der Waals surface area contributed by atoms with Crippen molar-refractivity contribution in [2.75, 3.05) is 0 Å². The van der Waals surface area contributed by atoms with Gasteiger partial charge in [-0.05, 0) is 62.5 Å². The van der Waals surface area contributed by atoms with Crippen LogP contribution < -0.4 is 5.32 Å². The molecule has 0 spiro atoms. The number of H-pyrrole nitrogens is 1. The SMILES string of the molecule is Cc1n[nH]c(C)c1CNC(=O)CC1(N2Cc3ccccc3C2=O)CCC(C(C)(C)C)CC1. The maximum Gasteiger partial charge on any atom is 0.254 e. The number of aromatic nitrogens is 2. The Kier molecular flexibility index (Phi) is 5.91. The van der Waals surface area contributed by atoms with Gasteiger partial charge in [0, 0.05) is 36.3 Å². The van der Waals surface area contributed by atoms with Gasteiger partial charge >= 0.3 is 0 Å². The zero-order valence-corrected chi connectivity index (χ0v) is 20.0. The number of rotatable bonds is 5. The maximum atomic E-state index is 13.4. The molecule has 0 bridgehead atoms. The maximum absolute atomic E-state index is 13.4. The van der Waals surface area contributed by atoms with Gasteiger partial charge in [0.2, 0.25) is 5.91 Å². The van der Waals surface area contributed by atoms with Crippen molar-refractivity contribution in [3.8, 4) is 0 Å². The van der Waals surface area contributed by atoms with Crippen LogP contribution in [0.25, 0.3) is 0 Å². The lowest BCUT2D eigenvalue weighted by Crippen LogP contribution is -2.54. The van der Waals surface area contributed by atoms with Crippen molar-refractivity contribution in [2.45, 2.75) is 85.4 Å². The van der Waals surface area contributed by atoms with Crippen LogP contribution in [0.15, 0.2) is 24.3 Å². The quantitative estimate of drug-likeness (QED) is 0.715. The number of carbonyl (C=O) groups is 2. The van der Waals surface area contributed by atoms with Gasteiger partial charge in [-0.2, -0.15) is 5.10 Å². The summed E-state index contributed by atoms with van der Waals surface area (Å²) in [6.07, 6.45) is 4.16. The highest BCUT2D eigenvalue weighted by Gasteiger charge is 2.48. The summed E-state index contributed by atoms with van der Waals surface area (Å²) < 4.78 is 0. The molecule has 0 atom stereocenters. The second-order valence-corrected chi connectivity index (χ2v) is 10.8. The second kappa shape index (κ2) is 8.38. The molecule has 1 aliphatic carbocycles. The van der Waals surface area contributed by atoms with Crippen LogP contribution in [0, 0.1) is 25.2 Å². The first kappa shape index (κ1) is 22.6. The first-order valence-corrected chi connectivity index (χ1v) is 11.8. The van der Waals surface area contributed by atoms with E-state index in [1.165, 1.54) is 0 Å². The number of carbonyl (C=O) groups excluding carboxylic acids is 2. The third-order valence-electron chi connectivity index (χ3n) is 7.77. The van der Waals surface area contributed by atoms with E-state index in [1.807, 2.05) is 43.0 Å². The summed E-state index contributed by atoms with van der Waals surface area (Å²) in [7, 11) is 0. The molecule has 1 aliphatic heterocycles. The van der Waals surface area contributed by atoms with Gasteiger partial charge in [-0.1, -0.05) is 39.0 Å². The minimum Gasteiger partial charge on any atom is -0.352 e. The Morgan fingerprint density at radius 3 is 2.50 bits per heavy atom. The molecule has 1 fully saturated rings. The molecule has 1 saturated carbocycles. The fraction of sp³-hybridized carbons (Fsp3) is 0.577. The third-order valence-corrected chi connectivity index (χ3v) is 7.77. The molecule has 0 saturated heterocycles. The minimum atomic E-state index is -0.428. The molecule has 172 valence electrons. The van der Waals surface area contributed by atoms with Crippen LogP contribution in [0.4, 0.5) is 0 Å². The van der Waals surface area contributed by atoms with Gasteiger partial charge in [0.15, 0.2) is 0 Å². The van der Waals surface area contributed by atoms with Crippen molar-refractivity contribution >= 4 is 11.8 Å². The average Bonchev–Trinajstić information content (AvgIpc) is 3.25. The number of aromatic amines is 1. The van der Waals surface area contributed by atoms with Crippen LogP contribution in [-0.2, 0) is 17.9 Å². The summed E-state index contributed by atoms with van der Waals surface area (Å²) in [4.78, 5) is 28.6. The zero-order valence-electron chi connectivity index (χ0n) is 20.0. The lowest BCUT2D eigenvalue weighted by molar-refractivity contribution is -0.125. The first-order valence-electron chi connectivity index (χ1n) is 11.8.